The van der Waals surface area contributed by atoms with Gasteiger partial charge in [-0.2, -0.15) is 0 Å². The van der Waals surface area contributed by atoms with Gasteiger partial charge < -0.3 is 10.6 Å². The largest absolute Gasteiger partial charge is 0.324 e. The highest BCUT2D eigenvalue weighted by Gasteiger charge is 2.11. The van der Waals surface area contributed by atoms with Gasteiger partial charge in [-0.05, 0) is 42.5 Å². The topological polar surface area (TPSA) is 101 Å². The molecule has 0 aromatic heterocycles. The second-order valence-corrected chi connectivity index (χ2v) is 8.06. The van der Waals surface area contributed by atoms with Gasteiger partial charge in [-0.15, -0.1) is 11.8 Å². The first kappa shape index (κ1) is 22.6. The maximum absolute atomic E-state index is 12.4. The Bertz CT molecular complexity index is 1140. The normalized spacial score (nSPS) is 10.4. The summed E-state index contributed by atoms with van der Waals surface area (Å²) in [5.74, 6) is -0.525. The van der Waals surface area contributed by atoms with Crippen molar-refractivity contribution < 1.29 is 14.5 Å². The number of rotatable bonds is 7. The van der Waals surface area contributed by atoms with E-state index in [1.54, 1.807) is 36.4 Å². The highest BCUT2D eigenvalue weighted by atomic mass is 35.5. The first-order chi connectivity index (χ1) is 14.8. The van der Waals surface area contributed by atoms with Crippen molar-refractivity contribution in [1.82, 2.24) is 0 Å². The molecular formula is C21H15Cl2N3O4S. The number of hydrogen-bond donors (Lipinski definition) is 2. The molecule has 2 amide bonds. The van der Waals surface area contributed by atoms with Crippen molar-refractivity contribution in [2.24, 2.45) is 0 Å². The number of hydrogen-bond acceptors (Lipinski definition) is 5. The number of non-ortho nitro benzene ring substituents is 1. The van der Waals surface area contributed by atoms with Crippen LogP contribution in [0.5, 0.6) is 0 Å². The maximum Gasteiger partial charge on any atom is 0.269 e. The Kier molecular flexibility index (Phi) is 7.51. The lowest BCUT2D eigenvalue weighted by atomic mass is 10.2. The van der Waals surface area contributed by atoms with Crippen LogP contribution in [0.1, 0.15) is 10.4 Å². The van der Waals surface area contributed by atoms with Crippen LogP contribution in [0.4, 0.5) is 17.1 Å². The number of nitro benzene ring substituents is 1. The zero-order valence-corrected chi connectivity index (χ0v) is 18.1. The number of amides is 2. The fraction of sp³-hybridized carbons (Fsp3) is 0.0476. The quantitative estimate of drug-likeness (QED) is 0.252. The van der Waals surface area contributed by atoms with Crippen molar-refractivity contribution in [3.05, 3.63) is 92.5 Å². The molecular weight excluding hydrogens is 461 g/mol. The summed E-state index contributed by atoms with van der Waals surface area (Å²) >= 11 is 13.3. The van der Waals surface area contributed by atoms with Crippen LogP contribution in [-0.4, -0.2) is 22.5 Å². The Morgan fingerprint density at radius 1 is 0.968 bits per heavy atom. The lowest BCUT2D eigenvalue weighted by Gasteiger charge is -2.09. The third kappa shape index (κ3) is 6.21. The molecule has 31 heavy (non-hydrogen) atoms. The molecule has 0 bridgehead atoms. The predicted molar refractivity (Wildman–Crippen MR) is 123 cm³/mol. The molecule has 7 nitrogen and oxygen atoms in total. The van der Waals surface area contributed by atoms with Crippen molar-refractivity contribution >= 4 is 63.8 Å². The van der Waals surface area contributed by atoms with Crippen LogP contribution in [0.15, 0.2) is 71.6 Å². The summed E-state index contributed by atoms with van der Waals surface area (Å²) in [4.78, 5) is 35.5. The molecule has 0 radical (unpaired) electrons. The summed E-state index contributed by atoms with van der Waals surface area (Å²) in [5, 5.41) is 16.8. The molecule has 0 aliphatic rings. The van der Waals surface area contributed by atoms with Crippen LogP contribution in [0, 0.1) is 10.1 Å². The molecule has 0 unspecified atom stereocenters. The van der Waals surface area contributed by atoms with Gasteiger partial charge in [-0.1, -0.05) is 35.3 Å². The third-order valence-corrected chi connectivity index (χ3v) is 5.84. The molecule has 2 N–H and O–H groups in total. The number of benzene rings is 3. The predicted octanol–water partition coefficient (Wildman–Crippen LogP) is 5.88. The van der Waals surface area contributed by atoms with E-state index in [1.165, 1.54) is 36.0 Å². The molecule has 3 aromatic carbocycles. The molecule has 0 spiro atoms. The number of nitrogens with one attached hydrogen (secondary N) is 2. The van der Waals surface area contributed by atoms with Crippen LogP contribution in [-0.2, 0) is 4.79 Å². The minimum absolute atomic E-state index is 0.0905. The lowest BCUT2D eigenvalue weighted by molar-refractivity contribution is -0.384. The Balaban J connectivity index is 1.58. The standard InChI is InChI=1S/C21H15Cl2N3O4S/c22-17-5-2-6-18(20(17)23)25-19(27)12-31-16-4-1-3-14(11-16)24-21(28)13-7-9-15(10-8-13)26(29)30/h1-11H,12H2,(H,24,28)(H,25,27). The monoisotopic (exact) mass is 475 g/mol. The van der Waals surface area contributed by atoms with E-state index in [4.69, 9.17) is 23.2 Å². The average molecular weight is 476 g/mol. The van der Waals surface area contributed by atoms with Gasteiger partial charge >= 0.3 is 0 Å². The van der Waals surface area contributed by atoms with Gasteiger partial charge in [0.2, 0.25) is 5.91 Å². The van der Waals surface area contributed by atoms with Gasteiger partial charge in [-0.25, -0.2) is 0 Å². The summed E-state index contributed by atoms with van der Waals surface area (Å²) in [6, 6.07) is 17.3. The Hall–Kier alpha value is -3.07. The number of thioether (sulfide) groups is 1. The van der Waals surface area contributed by atoms with Crippen LogP contribution >= 0.6 is 35.0 Å². The molecule has 0 heterocycles. The highest BCUT2D eigenvalue weighted by molar-refractivity contribution is 8.00. The number of carbonyl (C=O) groups excluding carboxylic acids is 2. The van der Waals surface area contributed by atoms with E-state index in [1.807, 2.05) is 6.07 Å². The number of nitro groups is 1. The minimum Gasteiger partial charge on any atom is -0.324 e. The molecule has 158 valence electrons. The van der Waals surface area contributed by atoms with Crippen LogP contribution in [0.3, 0.4) is 0 Å². The minimum atomic E-state index is -0.529. The zero-order chi connectivity index (χ0) is 22.4. The van der Waals surface area contributed by atoms with Crippen LogP contribution in [0.25, 0.3) is 0 Å². The summed E-state index contributed by atoms with van der Waals surface area (Å²) in [7, 11) is 0. The third-order valence-electron chi connectivity index (χ3n) is 4.03. The summed E-state index contributed by atoms with van der Waals surface area (Å²) in [5.41, 5.74) is 1.17. The zero-order valence-electron chi connectivity index (χ0n) is 15.8. The number of nitrogens with zero attached hydrogens (tertiary/aromatic N) is 1. The molecule has 0 aliphatic carbocycles. The molecule has 3 rings (SSSR count). The first-order valence-electron chi connectivity index (χ1n) is 8.86. The van der Waals surface area contributed by atoms with Gasteiger partial charge in [0.15, 0.2) is 0 Å². The Labute approximate surface area is 191 Å². The average Bonchev–Trinajstić information content (AvgIpc) is 2.76. The van der Waals surface area contributed by atoms with E-state index in [0.717, 1.165) is 4.90 Å². The first-order valence-corrected chi connectivity index (χ1v) is 10.6. The fourth-order valence-corrected chi connectivity index (χ4v) is 3.64. The van der Waals surface area contributed by atoms with Crippen LogP contribution in [0.2, 0.25) is 10.0 Å². The van der Waals surface area contributed by atoms with Crippen molar-refractivity contribution in [3.63, 3.8) is 0 Å². The number of anilines is 2. The summed E-state index contributed by atoms with van der Waals surface area (Å²) < 4.78 is 0. The van der Waals surface area contributed by atoms with Gasteiger partial charge in [0.1, 0.15) is 0 Å². The second-order valence-electron chi connectivity index (χ2n) is 6.22. The molecule has 0 saturated heterocycles. The Morgan fingerprint density at radius 2 is 1.68 bits per heavy atom. The second kappa shape index (κ2) is 10.3. The van der Waals surface area contributed by atoms with Crippen molar-refractivity contribution in [3.8, 4) is 0 Å². The van der Waals surface area contributed by atoms with Crippen molar-refractivity contribution in [2.75, 3.05) is 16.4 Å². The smallest absolute Gasteiger partial charge is 0.269 e. The fourth-order valence-electron chi connectivity index (χ4n) is 2.54. The molecule has 0 fully saturated rings. The molecule has 0 aliphatic heterocycles. The van der Waals surface area contributed by atoms with Gasteiger partial charge in [0, 0.05) is 28.3 Å². The summed E-state index contributed by atoms with van der Waals surface area (Å²) in [6.07, 6.45) is 0. The van der Waals surface area contributed by atoms with Gasteiger partial charge in [0.05, 0.1) is 26.4 Å². The van der Waals surface area contributed by atoms with E-state index < -0.39 is 10.8 Å². The highest BCUT2D eigenvalue weighted by Crippen LogP contribution is 2.30. The van der Waals surface area contributed by atoms with E-state index in [-0.39, 0.29) is 22.4 Å². The van der Waals surface area contributed by atoms with Crippen molar-refractivity contribution in [1.29, 1.82) is 0 Å². The molecule has 0 saturated carbocycles. The number of halogens is 2. The van der Waals surface area contributed by atoms with E-state index in [0.29, 0.717) is 22.0 Å². The number of carbonyl (C=O) groups is 2. The van der Waals surface area contributed by atoms with E-state index in [9.17, 15) is 19.7 Å². The molecule has 3 aromatic rings. The molecule has 0 atom stereocenters. The van der Waals surface area contributed by atoms with Gasteiger partial charge in [-0.3, -0.25) is 19.7 Å². The van der Waals surface area contributed by atoms with Crippen molar-refractivity contribution in [2.45, 2.75) is 4.90 Å². The Morgan fingerprint density at radius 3 is 2.39 bits per heavy atom. The maximum atomic E-state index is 12.4. The summed E-state index contributed by atoms with van der Waals surface area (Å²) in [6.45, 7) is 0. The lowest BCUT2D eigenvalue weighted by Crippen LogP contribution is -2.14. The van der Waals surface area contributed by atoms with E-state index >= 15 is 0 Å². The van der Waals surface area contributed by atoms with E-state index in [2.05, 4.69) is 10.6 Å². The van der Waals surface area contributed by atoms with Gasteiger partial charge in [0.25, 0.3) is 11.6 Å². The molecule has 10 heteroatoms. The SMILES string of the molecule is O=C(CSc1cccc(NC(=O)c2ccc([N+](=O)[O-])cc2)c1)Nc1cccc(Cl)c1Cl. The van der Waals surface area contributed by atoms with Crippen LogP contribution < -0.4 is 10.6 Å².